The van der Waals surface area contributed by atoms with Crippen molar-refractivity contribution in [2.75, 3.05) is 13.2 Å². The Balaban J connectivity index is 1.55. The van der Waals surface area contributed by atoms with Crippen molar-refractivity contribution in [1.82, 2.24) is 0 Å². The maximum atomic E-state index is 10.3. The van der Waals surface area contributed by atoms with Gasteiger partial charge in [0.1, 0.15) is 0 Å². The van der Waals surface area contributed by atoms with Gasteiger partial charge < -0.3 is 14.6 Å². The molecule has 0 aromatic carbocycles. The lowest BCUT2D eigenvalue weighted by atomic mass is 9.55. The predicted molar refractivity (Wildman–Crippen MR) is 71.5 cm³/mol. The molecule has 3 saturated carbocycles. The Hall–Kier alpha value is -0.120. The molecule has 0 aromatic heterocycles. The van der Waals surface area contributed by atoms with E-state index < -0.39 is 0 Å². The maximum absolute atomic E-state index is 10.3. The molecule has 4 rings (SSSR count). The minimum absolute atomic E-state index is 0.0617. The van der Waals surface area contributed by atoms with Crippen LogP contribution in [0.15, 0.2) is 0 Å². The highest BCUT2D eigenvalue weighted by Gasteiger charge is 2.57. The van der Waals surface area contributed by atoms with Gasteiger partial charge in [-0.1, -0.05) is 6.92 Å². The second-order valence-corrected chi connectivity index (χ2v) is 7.52. The minimum atomic E-state index is -0.230. The van der Waals surface area contributed by atoms with Crippen LogP contribution in [0, 0.1) is 23.2 Å². The molecule has 0 amide bonds. The molecule has 1 spiro atoms. The summed E-state index contributed by atoms with van der Waals surface area (Å²) in [5.41, 5.74) is 0.197. The highest BCUT2D eigenvalue weighted by atomic mass is 16.7. The van der Waals surface area contributed by atoms with Crippen LogP contribution in [0.2, 0.25) is 0 Å². The highest BCUT2D eigenvalue weighted by Crippen LogP contribution is 2.60. The average molecular weight is 266 g/mol. The number of aliphatic hydroxyl groups excluding tert-OH is 1. The summed E-state index contributed by atoms with van der Waals surface area (Å²) >= 11 is 0. The Morgan fingerprint density at radius 3 is 2.58 bits per heavy atom. The molecule has 0 aromatic rings. The lowest BCUT2D eigenvalue weighted by Crippen LogP contribution is -2.49. The first-order valence-corrected chi connectivity index (χ1v) is 8.09. The van der Waals surface area contributed by atoms with Crippen LogP contribution in [0.4, 0.5) is 0 Å². The predicted octanol–water partition coefficient (Wildman–Crippen LogP) is 2.72. The monoisotopic (exact) mass is 266 g/mol. The zero-order chi connectivity index (χ0) is 13.1. The van der Waals surface area contributed by atoms with Crippen molar-refractivity contribution in [3.8, 4) is 0 Å². The van der Waals surface area contributed by atoms with Gasteiger partial charge in [0, 0.05) is 12.8 Å². The molecule has 0 radical (unpaired) electrons. The molecule has 0 bridgehead atoms. The fourth-order valence-electron chi connectivity index (χ4n) is 5.68. The van der Waals surface area contributed by atoms with E-state index >= 15 is 0 Å². The van der Waals surface area contributed by atoms with Gasteiger partial charge in [-0.15, -0.1) is 0 Å². The summed E-state index contributed by atoms with van der Waals surface area (Å²) in [4.78, 5) is 0. The zero-order valence-corrected chi connectivity index (χ0v) is 11.9. The summed E-state index contributed by atoms with van der Waals surface area (Å²) < 4.78 is 11.8. The molecule has 5 atom stereocenters. The second kappa shape index (κ2) is 4.19. The van der Waals surface area contributed by atoms with Crippen molar-refractivity contribution in [1.29, 1.82) is 0 Å². The lowest BCUT2D eigenvalue weighted by molar-refractivity contribution is -0.208. The first kappa shape index (κ1) is 12.6. The number of rotatable bonds is 0. The molecule has 4 aliphatic rings. The zero-order valence-electron chi connectivity index (χ0n) is 11.9. The van der Waals surface area contributed by atoms with Crippen LogP contribution in [-0.2, 0) is 9.47 Å². The molecule has 3 nitrogen and oxygen atoms in total. The number of fused-ring (bicyclic) bond motifs is 3. The average Bonchev–Trinajstić information content (AvgIpc) is 2.97. The molecule has 108 valence electrons. The SMILES string of the molecule is C[C@]12CC[C@@H]3CC4(CC[C@H]3[C@@H]1CC[C@@H]2O)OCCO4. The van der Waals surface area contributed by atoms with Gasteiger partial charge in [0.05, 0.1) is 19.3 Å². The topological polar surface area (TPSA) is 38.7 Å². The Kier molecular flexibility index (Phi) is 2.78. The summed E-state index contributed by atoms with van der Waals surface area (Å²) in [6, 6.07) is 0. The molecule has 19 heavy (non-hydrogen) atoms. The van der Waals surface area contributed by atoms with Crippen LogP contribution in [0.5, 0.6) is 0 Å². The summed E-state index contributed by atoms with van der Waals surface area (Å²) in [5, 5.41) is 10.3. The van der Waals surface area contributed by atoms with E-state index in [1.165, 1.54) is 25.7 Å². The van der Waals surface area contributed by atoms with Gasteiger partial charge in [0.15, 0.2) is 5.79 Å². The van der Waals surface area contributed by atoms with Crippen molar-refractivity contribution in [3.05, 3.63) is 0 Å². The van der Waals surface area contributed by atoms with Gasteiger partial charge in [0.2, 0.25) is 0 Å². The van der Waals surface area contributed by atoms with Crippen molar-refractivity contribution in [3.63, 3.8) is 0 Å². The molecule has 0 unspecified atom stereocenters. The molecule has 3 heteroatoms. The Labute approximate surface area is 115 Å². The number of ether oxygens (including phenoxy) is 2. The van der Waals surface area contributed by atoms with Gasteiger partial charge in [-0.25, -0.2) is 0 Å². The van der Waals surface area contributed by atoms with Gasteiger partial charge >= 0.3 is 0 Å². The maximum Gasteiger partial charge on any atom is 0.168 e. The van der Waals surface area contributed by atoms with E-state index in [0.717, 1.165) is 50.2 Å². The molecule has 1 N–H and O–H groups in total. The van der Waals surface area contributed by atoms with E-state index in [4.69, 9.17) is 9.47 Å². The third-order valence-electron chi connectivity index (χ3n) is 6.78. The Morgan fingerprint density at radius 1 is 1.00 bits per heavy atom. The minimum Gasteiger partial charge on any atom is -0.393 e. The first-order valence-electron chi connectivity index (χ1n) is 8.09. The quantitative estimate of drug-likeness (QED) is 0.732. The number of aliphatic hydroxyl groups is 1. The molecular weight excluding hydrogens is 240 g/mol. The molecular formula is C16H26O3. The van der Waals surface area contributed by atoms with Gasteiger partial charge in [0.25, 0.3) is 0 Å². The fraction of sp³-hybridized carbons (Fsp3) is 1.00. The van der Waals surface area contributed by atoms with E-state index in [1.807, 2.05) is 0 Å². The summed E-state index contributed by atoms with van der Waals surface area (Å²) in [6.45, 7) is 3.88. The van der Waals surface area contributed by atoms with Crippen LogP contribution in [0.3, 0.4) is 0 Å². The van der Waals surface area contributed by atoms with Crippen LogP contribution >= 0.6 is 0 Å². The van der Waals surface area contributed by atoms with Crippen molar-refractivity contribution in [2.24, 2.45) is 23.2 Å². The Bertz CT molecular complexity index is 363. The first-order chi connectivity index (χ1) is 9.13. The van der Waals surface area contributed by atoms with E-state index in [1.54, 1.807) is 0 Å². The Morgan fingerprint density at radius 2 is 1.79 bits per heavy atom. The molecule has 1 saturated heterocycles. The third kappa shape index (κ3) is 1.74. The van der Waals surface area contributed by atoms with Crippen molar-refractivity contribution in [2.45, 2.75) is 63.8 Å². The smallest absolute Gasteiger partial charge is 0.168 e. The normalized spacial score (nSPS) is 52.1. The van der Waals surface area contributed by atoms with Crippen molar-refractivity contribution >= 4 is 0 Å². The molecule has 3 aliphatic carbocycles. The van der Waals surface area contributed by atoms with Gasteiger partial charge in [-0.2, -0.15) is 0 Å². The van der Waals surface area contributed by atoms with Crippen LogP contribution in [0.1, 0.15) is 51.9 Å². The second-order valence-electron chi connectivity index (χ2n) is 7.52. The van der Waals surface area contributed by atoms with Crippen LogP contribution in [-0.4, -0.2) is 30.2 Å². The lowest BCUT2D eigenvalue weighted by Gasteiger charge is -2.52. The third-order valence-corrected chi connectivity index (χ3v) is 6.78. The van der Waals surface area contributed by atoms with E-state index in [-0.39, 0.29) is 17.3 Å². The number of hydrogen-bond acceptors (Lipinski definition) is 3. The van der Waals surface area contributed by atoms with E-state index in [2.05, 4.69) is 6.92 Å². The largest absolute Gasteiger partial charge is 0.393 e. The standard InChI is InChI=1S/C16H26O3/c1-15-6-4-11-10-16(18-8-9-19-16)7-5-12(11)13(15)2-3-14(15)17/h11-14,17H,2-10H2,1H3/t11-,12-,13+,14+,15+/m1/s1. The van der Waals surface area contributed by atoms with Crippen LogP contribution in [0.25, 0.3) is 0 Å². The number of hydrogen-bond donors (Lipinski definition) is 1. The molecule has 1 aliphatic heterocycles. The molecule has 4 fully saturated rings. The van der Waals surface area contributed by atoms with Crippen LogP contribution < -0.4 is 0 Å². The van der Waals surface area contributed by atoms with E-state index in [9.17, 15) is 5.11 Å². The highest BCUT2D eigenvalue weighted by molar-refractivity contribution is 5.05. The van der Waals surface area contributed by atoms with Gasteiger partial charge in [-0.3, -0.25) is 0 Å². The molecule has 1 heterocycles. The summed E-state index contributed by atoms with van der Waals surface area (Å²) in [6.07, 6.45) is 8.03. The fourth-order valence-corrected chi connectivity index (χ4v) is 5.68. The summed E-state index contributed by atoms with van der Waals surface area (Å²) in [5.74, 6) is 2.07. The van der Waals surface area contributed by atoms with E-state index in [0.29, 0.717) is 0 Å². The van der Waals surface area contributed by atoms with Gasteiger partial charge in [-0.05, 0) is 55.3 Å². The summed E-state index contributed by atoms with van der Waals surface area (Å²) in [7, 11) is 0. The van der Waals surface area contributed by atoms with Crippen molar-refractivity contribution < 1.29 is 14.6 Å².